The van der Waals surface area contributed by atoms with Crippen molar-refractivity contribution in [1.29, 1.82) is 0 Å². The zero-order valence-electron chi connectivity index (χ0n) is 11.5. The summed E-state index contributed by atoms with van der Waals surface area (Å²) in [7, 11) is 0. The second-order valence-electron chi connectivity index (χ2n) is 5.58. The fraction of sp³-hybridized carbons (Fsp3) is 0.357. The van der Waals surface area contributed by atoms with Crippen molar-refractivity contribution >= 4 is 40.5 Å². The molecule has 0 spiro atoms. The van der Waals surface area contributed by atoms with E-state index in [0.717, 1.165) is 0 Å². The van der Waals surface area contributed by atoms with Gasteiger partial charge >= 0.3 is 0 Å². The molecule has 1 saturated carbocycles. The quantitative estimate of drug-likeness (QED) is 0.667. The zero-order valence-corrected chi connectivity index (χ0v) is 13.0. The van der Waals surface area contributed by atoms with Crippen molar-refractivity contribution < 1.29 is 9.72 Å². The van der Waals surface area contributed by atoms with Crippen LogP contribution < -0.4 is 5.32 Å². The van der Waals surface area contributed by atoms with Gasteiger partial charge in [0.25, 0.3) is 5.69 Å². The van der Waals surface area contributed by atoms with Crippen LogP contribution >= 0.6 is 23.2 Å². The Labute approximate surface area is 132 Å². The molecule has 1 aliphatic rings. The Hall–Kier alpha value is -1.59. The van der Waals surface area contributed by atoms with Gasteiger partial charge in [0.1, 0.15) is 4.49 Å². The van der Waals surface area contributed by atoms with E-state index in [0.29, 0.717) is 5.69 Å². The first-order valence-corrected chi connectivity index (χ1v) is 7.07. The normalized spacial score (nSPS) is 22.3. The Morgan fingerprint density at radius 2 is 2.10 bits per heavy atom. The van der Waals surface area contributed by atoms with E-state index in [9.17, 15) is 14.9 Å². The molecule has 0 radical (unpaired) electrons. The van der Waals surface area contributed by atoms with E-state index >= 15 is 0 Å². The summed E-state index contributed by atoms with van der Waals surface area (Å²) < 4.78 is 0.138. The highest BCUT2D eigenvalue weighted by molar-refractivity contribution is 6.55. The molecule has 0 saturated heterocycles. The van der Waals surface area contributed by atoms with Gasteiger partial charge in [-0.25, -0.2) is 0 Å². The number of benzene rings is 1. The minimum Gasteiger partial charge on any atom is -0.326 e. The van der Waals surface area contributed by atoms with E-state index in [2.05, 4.69) is 5.32 Å². The lowest BCUT2D eigenvalue weighted by molar-refractivity contribution is -0.384. The molecule has 1 aliphatic carbocycles. The molecule has 1 aromatic carbocycles. The number of carbonyl (C=O) groups excluding carboxylic acids is 1. The summed E-state index contributed by atoms with van der Waals surface area (Å²) in [5.74, 6) is -0.498. The van der Waals surface area contributed by atoms with E-state index in [1.807, 2.05) is 13.8 Å². The minimum absolute atomic E-state index is 0.0406. The van der Waals surface area contributed by atoms with E-state index < -0.39 is 4.92 Å². The Kier molecular flexibility index (Phi) is 4.25. The van der Waals surface area contributed by atoms with Crippen LogP contribution in [0.25, 0.3) is 0 Å². The average molecular weight is 329 g/mol. The van der Waals surface area contributed by atoms with Crippen LogP contribution in [0.2, 0.25) is 0 Å². The van der Waals surface area contributed by atoms with Crippen LogP contribution in [0.5, 0.6) is 0 Å². The standard InChI is InChI=1S/C14H14Cl2N2O3/c1-14(2)10(7-11(15)16)12(14)13(19)17-8-4-3-5-9(6-8)18(20)21/h3-7,10,12H,1-2H3,(H,17,19). The zero-order chi connectivity index (χ0) is 15.8. The van der Waals surface area contributed by atoms with Crippen LogP contribution in [0, 0.1) is 27.4 Å². The van der Waals surface area contributed by atoms with Gasteiger partial charge in [0.2, 0.25) is 5.91 Å². The van der Waals surface area contributed by atoms with Crippen molar-refractivity contribution in [3.05, 3.63) is 44.9 Å². The Morgan fingerprint density at radius 1 is 1.43 bits per heavy atom. The molecule has 0 bridgehead atoms. The van der Waals surface area contributed by atoms with E-state index in [1.54, 1.807) is 12.1 Å². The van der Waals surface area contributed by atoms with Crippen LogP contribution in [0.15, 0.2) is 34.8 Å². The third kappa shape index (κ3) is 3.36. The van der Waals surface area contributed by atoms with Gasteiger partial charge in [-0.2, -0.15) is 0 Å². The smallest absolute Gasteiger partial charge is 0.271 e. The number of nitrogens with one attached hydrogen (secondary N) is 1. The molecule has 1 aromatic rings. The summed E-state index contributed by atoms with van der Waals surface area (Å²) in [6.45, 7) is 3.89. The van der Waals surface area contributed by atoms with Gasteiger partial charge in [0.05, 0.1) is 10.8 Å². The maximum Gasteiger partial charge on any atom is 0.271 e. The predicted molar refractivity (Wildman–Crippen MR) is 82.3 cm³/mol. The largest absolute Gasteiger partial charge is 0.326 e. The molecular weight excluding hydrogens is 315 g/mol. The van der Waals surface area contributed by atoms with Crippen molar-refractivity contribution in [3.63, 3.8) is 0 Å². The van der Waals surface area contributed by atoms with E-state index in [-0.39, 0.29) is 33.3 Å². The van der Waals surface area contributed by atoms with E-state index in [4.69, 9.17) is 23.2 Å². The second kappa shape index (κ2) is 5.66. The fourth-order valence-electron chi connectivity index (χ4n) is 2.54. The van der Waals surface area contributed by atoms with Crippen LogP contribution in [-0.2, 0) is 4.79 Å². The van der Waals surface area contributed by atoms with Crippen LogP contribution in [0.1, 0.15) is 13.8 Å². The number of amides is 1. The Bertz CT molecular complexity index is 624. The molecule has 0 heterocycles. The molecule has 2 unspecified atom stereocenters. The van der Waals surface area contributed by atoms with Gasteiger partial charge in [-0.15, -0.1) is 0 Å². The monoisotopic (exact) mass is 328 g/mol. The molecule has 0 aromatic heterocycles. The van der Waals surface area contributed by atoms with Crippen molar-refractivity contribution in [3.8, 4) is 0 Å². The number of halogens is 2. The third-order valence-corrected chi connectivity index (χ3v) is 4.08. The second-order valence-corrected chi connectivity index (χ2v) is 6.59. The molecule has 2 rings (SSSR count). The number of anilines is 1. The maximum absolute atomic E-state index is 12.3. The number of hydrogen-bond donors (Lipinski definition) is 1. The number of carbonyl (C=O) groups is 1. The lowest BCUT2D eigenvalue weighted by atomic mass is 10.1. The SMILES string of the molecule is CC1(C)C(C=C(Cl)Cl)C1C(=O)Nc1cccc([N+](=O)[O-])c1. The Morgan fingerprint density at radius 3 is 2.67 bits per heavy atom. The number of rotatable bonds is 4. The molecule has 7 heteroatoms. The van der Waals surface area contributed by atoms with Gasteiger partial charge in [-0.1, -0.05) is 43.1 Å². The molecule has 1 fully saturated rings. The number of nitrogens with zero attached hydrogens (tertiary/aromatic N) is 1. The minimum atomic E-state index is -0.504. The van der Waals surface area contributed by atoms with Crippen LogP contribution in [0.4, 0.5) is 11.4 Å². The van der Waals surface area contributed by atoms with Crippen LogP contribution in [0.3, 0.4) is 0 Å². The van der Waals surface area contributed by atoms with E-state index in [1.165, 1.54) is 18.2 Å². The molecule has 112 valence electrons. The third-order valence-electron chi connectivity index (χ3n) is 3.82. The molecule has 1 N–H and O–H groups in total. The number of hydrogen-bond acceptors (Lipinski definition) is 3. The van der Waals surface area contributed by atoms with Gasteiger partial charge in [-0.3, -0.25) is 14.9 Å². The number of non-ortho nitro benzene ring substituents is 1. The molecular formula is C14H14Cl2N2O3. The molecule has 0 aliphatic heterocycles. The molecule has 1 amide bonds. The van der Waals surface area contributed by atoms with Crippen LogP contribution in [-0.4, -0.2) is 10.8 Å². The average Bonchev–Trinajstić information content (AvgIpc) is 2.90. The molecule has 2 atom stereocenters. The highest BCUT2D eigenvalue weighted by atomic mass is 35.5. The van der Waals surface area contributed by atoms with Crippen molar-refractivity contribution in [2.75, 3.05) is 5.32 Å². The lowest BCUT2D eigenvalue weighted by Crippen LogP contribution is -2.16. The van der Waals surface area contributed by atoms with Gasteiger partial charge < -0.3 is 5.32 Å². The first-order valence-electron chi connectivity index (χ1n) is 6.31. The summed E-state index contributed by atoms with van der Waals surface area (Å²) in [5.41, 5.74) is 0.0968. The summed E-state index contributed by atoms with van der Waals surface area (Å²) in [5, 5.41) is 13.4. The maximum atomic E-state index is 12.3. The summed E-state index contributed by atoms with van der Waals surface area (Å²) in [4.78, 5) is 22.5. The van der Waals surface area contributed by atoms with Crippen molar-refractivity contribution in [2.45, 2.75) is 13.8 Å². The van der Waals surface area contributed by atoms with Gasteiger partial charge in [0.15, 0.2) is 0 Å². The number of nitro groups is 1. The summed E-state index contributed by atoms with van der Waals surface area (Å²) >= 11 is 11.3. The highest BCUT2D eigenvalue weighted by Gasteiger charge is 2.60. The first kappa shape index (κ1) is 15.8. The predicted octanol–water partition coefficient (Wildman–Crippen LogP) is 4.12. The van der Waals surface area contributed by atoms with Crippen molar-refractivity contribution in [1.82, 2.24) is 0 Å². The first-order chi connectivity index (χ1) is 9.73. The van der Waals surface area contributed by atoms with Gasteiger partial charge in [0, 0.05) is 17.8 Å². The number of allylic oxidation sites excluding steroid dienone is 1. The topological polar surface area (TPSA) is 72.2 Å². The Balaban J connectivity index is 2.11. The lowest BCUT2D eigenvalue weighted by Gasteiger charge is -2.05. The number of nitro benzene ring substituents is 1. The summed E-state index contributed by atoms with van der Waals surface area (Å²) in [6, 6.07) is 5.83. The fourth-order valence-corrected chi connectivity index (χ4v) is 2.81. The molecule has 5 nitrogen and oxygen atoms in total. The highest BCUT2D eigenvalue weighted by Crippen LogP contribution is 2.60. The molecule has 21 heavy (non-hydrogen) atoms. The van der Waals surface area contributed by atoms with Gasteiger partial charge in [-0.05, 0) is 23.5 Å². The summed E-state index contributed by atoms with van der Waals surface area (Å²) in [6.07, 6.45) is 1.65. The van der Waals surface area contributed by atoms with Crippen molar-refractivity contribution in [2.24, 2.45) is 17.3 Å².